The van der Waals surface area contributed by atoms with E-state index in [-0.39, 0.29) is 12.6 Å². The lowest BCUT2D eigenvalue weighted by Crippen LogP contribution is -2.41. The zero-order valence-corrected chi connectivity index (χ0v) is 9.41. The molecule has 1 unspecified atom stereocenters. The molecule has 0 aliphatic heterocycles. The van der Waals surface area contributed by atoms with Gasteiger partial charge in [-0.2, -0.15) is 0 Å². The van der Waals surface area contributed by atoms with Crippen LogP contribution in [-0.2, 0) is 14.3 Å². The highest BCUT2D eigenvalue weighted by Gasteiger charge is 2.25. The van der Waals surface area contributed by atoms with E-state index in [1.54, 1.807) is 6.92 Å². The Balaban J connectivity index is 2.33. The van der Waals surface area contributed by atoms with Gasteiger partial charge in [0, 0.05) is 6.04 Å². The number of nitrogens with one attached hydrogen (secondary N) is 1. The van der Waals surface area contributed by atoms with Gasteiger partial charge >= 0.3 is 11.9 Å². The quantitative estimate of drug-likeness (QED) is 0.567. The lowest BCUT2D eigenvalue weighted by Gasteiger charge is -2.19. The van der Waals surface area contributed by atoms with Gasteiger partial charge in [-0.1, -0.05) is 12.8 Å². The first kappa shape index (κ1) is 12.0. The van der Waals surface area contributed by atoms with Crippen molar-refractivity contribution in [1.29, 1.82) is 0 Å². The third-order valence-corrected chi connectivity index (χ3v) is 2.93. The number of carbonyl (C=O) groups excluding carboxylic acids is 2. The number of amides is 1. The number of esters is 1. The van der Waals surface area contributed by atoms with Crippen LogP contribution in [0.2, 0.25) is 0 Å². The van der Waals surface area contributed by atoms with Crippen molar-refractivity contribution in [1.82, 2.24) is 5.32 Å². The second-order valence-electron chi connectivity index (χ2n) is 4.03. The summed E-state index contributed by atoms with van der Waals surface area (Å²) in [4.78, 5) is 22.4. The van der Waals surface area contributed by atoms with Crippen molar-refractivity contribution in [3.8, 4) is 0 Å². The van der Waals surface area contributed by atoms with E-state index in [1.165, 1.54) is 12.8 Å². The molecule has 4 nitrogen and oxygen atoms in total. The van der Waals surface area contributed by atoms with Crippen molar-refractivity contribution >= 4 is 11.9 Å². The second kappa shape index (κ2) is 5.73. The molecule has 1 saturated carbocycles. The highest BCUT2D eigenvalue weighted by atomic mass is 16.5. The maximum absolute atomic E-state index is 11.3. The number of ether oxygens (including phenoxy) is 1. The van der Waals surface area contributed by atoms with E-state index < -0.39 is 11.9 Å². The van der Waals surface area contributed by atoms with E-state index in [0.717, 1.165) is 12.8 Å². The van der Waals surface area contributed by atoms with Crippen LogP contribution >= 0.6 is 0 Å². The van der Waals surface area contributed by atoms with Crippen LogP contribution in [0.4, 0.5) is 0 Å². The third-order valence-electron chi connectivity index (χ3n) is 2.93. The van der Waals surface area contributed by atoms with Gasteiger partial charge in [0.15, 0.2) is 0 Å². The van der Waals surface area contributed by atoms with Crippen LogP contribution < -0.4 is 5.32 Å². The van der Waals surface area contributed by atoms with Gasteiger partial charge in [-0.3, -0.25) is 4.79 Å². The average molecular weight is 213 g/mol. The first-order chi connectivity index (χ1) is 7.15. The smallest absolute Gasteiger partial charge is 0.396 e. The molecule has 1 aliphatic rings. The van der Waals surface area contributed by atoms with Gasteiger partial charge in [0.1, 0.15) is 0 Å². The summed E-state index contributed by atoms with van der Waals surface area (Å²) in [5, 5.41) is 2.69. The average Bonchev–Trinajstić information content (AvgIpc) is 2.70. The Bertz CT molecular complexity index is 234. The van der Waals surface area contributed by atoms with E-state index in [9.17, 15) is 9.59 Å². The Morgan fingerprint density at radius 1 is 1.40 bits per heavy atom. The van der Waals surface area contributed by atoms with Crippen LogP contribution in [0.3, 0.4) is 0 Å². The topological polar surface area (TPSA) is 55.4 Å². The minimum atomic E-state index is -0.776. The molecule has 15 heavy (non-hydrogen) atoms. The molecule has 0 aromatic carbocycles. The fourth-order valence-corrected chi connectivity index (χ4v) is 2.04. The summed E-state index contributed by atoms with van der Waals surface area (Å²) >= 11 is 0. The minimum absolute atomic E-state index is 0.0735. The predicted molar refractivity (Wildman–Crippen MR) is 56.2 cm³/mol. The van der Waals surface area contributed by atoms with Crippen molar-refractivity contribution in [3.63, 3.8) is 0 Å². The molecule has 1 amide bonds. The molecule has 1 rings (SSSR count). The van der Waals surface area contributed by atoms with Crippen molar-refractivity contribution in [2.24, 2.45) is 5.92 Å². The molecule has 1 fully saturated rings. The van der Waals surface area contributed by atoms with Crippen molar-refractivity contribution < 1.29 is 14.3 Å². The largest absolute Gasteiger partial charge is 0.459 e. The maximum atomic E-state index is 11.3. The number of hydrogen-bond acceptors (Lipinski definition) is 3. The van der Waals surface area contributed by atoms with Crippen molar-refractivity contribution in [2.45, 2.75) is 45.6 Å². The van der Waals surface area contributed by atoms with E-state index in [4.69, 9.17) is 0 Å². The number of rotatable bonds is 3. The fraction of sp³-hybridized carbons (Fsp3) is 0.818. The maximum Gasteiger partial charge on any atom is 0.396 e. The zero-order chi connectivity index (χ0) is 11.3. The SMILES string of the molecule is CCOC(=O)C(=O)NC(C)C1CCCC1. The Morgan fingerprint density at radius 3 is 2.53 bits per heavy atom. The lowest BCUT2D eigenvalue weighted by molar-refractivity contribution is -0.155. The van der Waals surface area contributed by atoms with Crippen LogP contribution in [0.5, 0.6) is 0 Å². The Labute approximate surface area is 90.4 Å². The van der Waals surface area contributed by atoms with Crippen molar-refractivity contribution in [2.75, 3.05) is 6.61 Å². The molecule has 0 bridgehead atoms. The molecule has 0 spiro atoms. The summed E-state index contributed by atoms with van der Waals surface area (Å²) < 4.78 is 4.62. The zero-order valence-electron chi connectivity index (χ0n) is 9.41. The van der Waals surface area contributed by atoms with E-state index in [2.05, 4.69) is 10.1 Å². The van der Waals surface area contributed by atoms with Crippen LogP contribution in [0, 0.1) is 5.92 Å². The lowest BCUT2D eigenvalue weighted by atomic mass is 10.00. The normalized spacial score (nSPS) is 18.5. The first-order valence-electron chi connectivity index (χ1n) is 5.62. The Hall–Kier alpha value is -1.06. The molecule has 1 aliphatic carbocycles. The van der Waals surface area contributed by atoms with Gasteiger partial charge < -0.3 is 10.1 Å². The summed E-state index contributed by atoms with van der Waals surface area (Å²) in [7, 11) is 0. The minimum Gasteiger partial charge on any atom is -0.459 e. The Kier molecular flexibility index (Phi) is 4.59. The summed E-state index contributed by atoms with van der Waals surface area (Å²) in [6.45, 7) is 3.88. The summed E-state index contributed by atoms with van der Waals surface area (Å²) in [5.74, 6) is -0.873. The fourth-order valence-electron chi connectivity index (χ4n) is 2.04. The Morgan fingerprint density at radius 2 is 2.00 bits per heavy atom. The standard InChI is InChI=1S/C11H19NO3/c1-3-15-11(14)10(13)12-8(2)9-6-4-5-7-9/h8-9H,3-7H2,1-2H3,(H,12,13). The van der Waals surface area contributed by atoms with Gasteiger partial charge in [0.05, 0.1) is 6.61 Å². The molecule has 1 N–H and O–H groups in total. The number of hydrogen-bond donors (Lipinski definition) is 1. The summed E-state index contributed by atoms with van der Waals surface area (Å²) in [5.41, 5.74) is 0. The molecule has 0 aromatic rings. The second-order valence-corrected chi connectivity index (χ2v) is 4.03. The monoisotopic (exact) mass is 213 g/mol. The molecular weight excluding hydrogens is 194 g/mol. The predicted octanol–water partition coefficient (Wildman–Crippen LogP) is 1.24. The highest BCUT2D eigenvalue weighted by molar-refractivity contribution is 6.32. The third kappa shape index (κ3) is 3.53. The van der Waals surface area contributed by atoms with Crippen molar-refractivity contribution in [3.05, 3.63) is 0 Å². The molecule has 86 valence electrons. The first-order valence-corrected chi connectivity index (χ1v) is 5.62. The molecule has 1 atom stereocenters. The van der Waals surface area contributed by atoms with Gasteiger partial charge in [0.25, 0.3) is 0 Å². The molecular formula is C11H19NO3. The molecule has 0 saturated heterocycles. The van der Waals surface area contributed by atoms with Gasteiger partial charge in [0.2, 0.25) is 0 Å². The molecule has 0 radical (unpaired) electrons. The van der Waals surface area contributed by atoms with Crippen LogP contribution in [0.1, 0.15) is 39.5 Å². The number of carbonyl (C=O) groups is 2. The van der Waals surface area contributed by atoms with E-state index in [0.29, 0.717) is 5.92 Å². The summed E-state index contributed by atoms with van der Waals surface area (Å²) in [6, 6.07) is 0.0735. The molecule has 4 heteroatoms. The van der Waals surface area contributed by atoms with Crippen LogP contribution in [-0.4, -0.2) is 24.5 Å². The summed E-state index contributed by atoms with van der Waals surface area (Å²) in [6.07, 6.45) is 4.74. The van der Waals surface area contributed by atoms with E-state index >= 15 is 0 Å². The van der Waals surface area contributed by atoms with Gasteiger partial charge in [-0.15, -0.1) is 0 Å². The van der Waals surface area contributed by atoms with Crippen LogP contribution in [0.15, 0.2) is 0 Å². The highest BCUT2D eigenvalue weighted by Crippen LogP contribution is 2.27. The van der Waals surface area contributed by atoms with E-state index in [1.807, 2.05) is 6.92 Å². The molecule has 0 aromatic heterocycles. The van der Waals surface area contributed by atoms with Gasteiger partial charge in [-0.25, -0.2) is 4.79 Å². The van der Waals surface area contributed by atoms with Crippen LogP contribution in [0.25, 0.3) is 0 Å². The molecule has 0 heterocycles. The van der Waals surface area contributed by atoms with Gasteiger partial charge in [-0.05, 0) is 32.6 Å².